The highest BCUT2D eigenvalue weighted by Gasteiger charge is 2.44. The van der Waals surface area contributed by atoms with Gasteiger partial charge in [0.1, 0.15) is 0 Å². The molecule has 0 radical (unpaired) electrons. The van der Waals surface area contributed by atoms with E-state index in [2.05, 4.69) is 262 Å². The molecule has 8 heteroatoms. The third-order valence-corrected chi connectivity index (χ3v) is 17.5. The first-order chi connectivity index (χ1) is 43.2. The fourth-order valence-corrected chi connectivity index (χ4v) is 13.7. The zero-order chi connectivity index (χ0) is 59.0. The van der Waals surface area contributed by atoms with Gasteiger partial charge in [-0.15, -0.1) is 0 Å². The summed E-state index contributed by atoms with van der Waals surface area (Å²) in [4.78, 5) is 8.33. The van der Waals surface area contributed by atoms with Crippen molar-refractivity contribution in [3.63, 3.8) is 0 Å². The summed E-state index contributed by atoms with van der Waals surface area (Å²) in [5.41, 5.74) is 22.4. The van der Waals surface area contributed by atoms with Crippen molar-refractivity contribution in [2.75, 3.05) is 9.80 Å². The van der Waals surface area contributed by atoms with Gasteiger partial charge in [0, 0.05) is 50.5 Å². The molecule has 0 atom stereocenters. The van der Waals surface area contributed by atoms with Crippen LogP contribution in [0.4, 0.5) is 53.0 Å². The van der Waals surface area contributed by atoms with E-state index >= 15 is 13.2 Å². The molecule has 0 saturated heterocycles. The number of nitrogens with zero attached hydrogens (tertiary/aromatic N) is 4. The highest BCUT2D eigenvalue weighted by Crippen LogP contribution is 2.50. The number of fused-ring (bicyclic) bond motifs is 7. The minimum absolute atomic E-state index is 0.00651. The largest absolute Gasteiger partial charge is 0.415 e. The molecule has 14 aromatic rings. The van der Waals surface area contributed by atoms with Crippen LogP contribution in [0.5, 0.6) is 0 Å². The van der Waals surface area contributed by atoms with Gasteiger partial charge in [-0.25, -0.2) is 4.85 Å². The van der Waals surface area contributed by atoms with E-state index in [-0.39, 0.29) is 18.0 Å². The molecule has 0 aliphatic carbocycles. The Labute approximate surface area is 508 Å². The molecule has 0 saturated carbocycles. The lowest BCUT2D eigenvalue weighted by Gasteiger charge is -2.44. The molecule has 3 heterocycles. The molecular formula is C80H50BF3N4. The van der Waals surface area contributed by atoms with Crippen molar-refractivity contribution < 1.29 is 13.2 Å². The summed E-state index contributed by atoms with van der Waals surface area (Å²) in [6.07, 6.45) is -4.70. The van der Waals surface area contributed by atoms with Gasteiger partial charge in [0.25, 0.3) is 6.71 Å². The lowest BCUT2D eigenvalue weighted by atomic mass is 9.33. The summed E-state index contributed by atoms with van der Waals surface area (Å²) in [6.45, 7) is 7.42. The fourth-order valence-electron chi connectivity index (χ4n) is 13.7. The number of hydrogen-bond acceptors (Lipinski definition) is 2. The molecule has 0 fully saturated rings. The number of aromatic nitrogens is 1. The van der Waals surface area contributed by atoms with Gasteiger partial charge in [-0.3, -0.25) is 0 Å². The highest BCUT2D eigenvalue weighted by atomic mass is 19.4. The molecule has 0 spiro atoms. The first-order valence-electron chi connectivity index (χ1n) is 29.4. The Hall–Kier alpha value is -11.4. The van der Waals surface area contributed by atoms with Gasteiger partial charge in [0.2, 0.25) is 0 Å². The Kier molecular flexibility index (Phi) is 12.4. The van der Waals surface area contributed by atoms with Crippen LogP contribution in [0.3, 0.4) is 0 Å². The molecule has 13 aromatic carbocycles. The molecule has 2 aliphatic rings. The predicted octanol–water partition coefficient (Wildman–Crippen LogP) is 20.4. The summed E-state index contributed by atoms with van der Waals surface area (Å²) in [7, 11) is 0. The molecule has 414 valence electrons. The van der Waals surface area contributed by atoms with Gasteiger partial charge in [-0.2, -0.15) is 13.2 Å². The normalized spacial score (nSPS) is 12.4. The van der Waals surface area contributed by atoms with Crippen molar-refractivity contribution in [3.05, 3.63) is 320 Å². The van der Waals surface area contributed by atoms with E-state index in [0.29, 0.717) is 11.3 Å². The lowest BCUT2D eigenvalue weighted by molar-refractivity contribution is -0.137. The van der Waals surface area contributed by atoms with Crippen LogP contribution >= 0.6 is 0 Å². The van der Waals surface area contributed by atoms with E-state index in [9.17, 15) is 0 Å². The van der Waals surface area contributed by atoms with Crippen molar-refractivity contribution in [1.29, 1.82) is 0 Å². The Bertz CT molecular complexity index is 4800. The summed E-state index contributed by atoms with van der Waals surface area (Å²) in [6, 6.07) is 105. The zero-order valence-electron chi connectivity index (χ0n) is 47.4. The van der Waals surface area contributed by atoms with E-state index < -0.39 is 11.7 Å². The zero-order valence-corrected chi connectivity index (χ0v) is 47.4. The van der Waals surface area contributed by atoms with Gasteiger partial charge < -0.3 is 14.4 Å². The summed E-state index contributed by atoms with van der Waals surface area (Å²) in [5.74, 6) is 0. The van der Waals surface area contributed by atoms with Gasteiger partial charge in [0.05, 0.1) is 28.9 Å². The van der Waals surface area contributed by atoms with E-state index in [1.54, 1.807) is 12.1 Å². The van der Waals surface area contributed by atoms with E-state index in [1.165, 1.54) is 28.5 Å². The van der Waals surface area contributed by atoms with E-state index in [4.69, 9.17) is 6.57 Å². The molecule has 0 unspecified atom stereocenters. The van der Waals surface area contributed by atoms with Gasteiger partial charge in [-0.1, -0.05) is 212 Å². The quantitative estimate of drug-likeness (QED) is 0.106. The van der Waals surface area contributed by atoms with E-state index in [1.807, 2.05) is 30.3 Å². The number of anilines is 6. The first-order valence-corrected chi connectivity index (χ1v) is 29.4. The monoisotopic (exact) mass is 1130 g/mol. The highest BCUT2D eigenvalue weighted by molar-refractivity contribution is 7.00. The van der Waals surface area contributed by atoms with Crippen LogP contribution < -0.4 is 26.2 Å². The van der Waals surface area contributed by atoms with Crippen LogP contribution in [0.15, 0.2) is 303 Å². The SMILES string of the molecule is [C-]#[N+]c1ccc(-c2ccccc2-n2c3ccccc3c3cc(-c4cc5c6c(c4)N(c4cc(-c7ccccc7)cc(-c7ccccc7)c4)c4ccccc4B6c4ccccc4N5c4cc(-c5ccccc5)cc(-c5ccccc5)c4)ccc32)c(C(F)(F)F)c1. The number of rotatable bonds is 9. The number of halogens is 3. The van der Waals surface area contributed by atoms with Crippen molar-refractivity contribution in [1.82, 2.24) is 4.57 Å². The van der Waals surface area contributed by atoms with Gasteiger partial charge >= 0.3 is 6.18 Å². The summed E-state index contributed by atoms with van der Waals surface area (Å²) in [5, 5.41) is 1.90. The molecule has 2 aliphatic heterocycles. The van der Waals surface area contributed by atoms with Crippen molar-refractivity contribution in [2.24, 2.45) is 0 Å². The number of hydrogen-bond donors (Lipinski definition) is 0. The fraction of sp³-hybridized carbons (Fsp3) is 0.0125. The minimum atomic E-state index is -4.70. The standard InChI is InChI=1S/C80H50BF3N4/c1-85-62-39-40-65(69(51-62)80(82,83)84)66-30-14-18-34-72(66)88-73-35-19-15-31-67(73)68-48-56(38-41-74(68)88)61-49-77-79-78(50-61)87(64-46-59(54-26-10-4-11-27-54)43-60(47-64)55-28-12-5-13-29-55)76-37-21-17-33-71(76)81(79)70-32-16-20-36-75(70)86(77)63-44-57(52-22-6-2-7-23-52)42-58(45-63)53-24-8-3-9-25-53/h2-51H. The second kappa shape index (κ2) is 21.0. The third-order valence-electron chi connectivity index (χ3n) is 17.5. The topological polar surface area (TPSA) is 15.8 Å². The van der Waals surface area contributed by atoms with Crippen LogP contribution in [0, 0.1) is 6.57 Å². The van der Waals surface area contributed by atoms with Crippen LogP contribution in [0.25, 0.3) is 99.1 Å². The maximum absolute atomic E-state index is 15.0. The van der Waals surface area contributed by atoms with Gasteiger partial charge in [-0.05, 0) is 169 Å². The smallest absolute Gasteiger partial charge is 0.311 e. The molecule has 4 nitrogen and oxygen atoms in total. The predicted molar refractivity (Wildman–Crippen MR) is 359 cm³/mol. The number of benzene rings is 13. The third kappa shape index (κ3) is 8.78. The molecule has 1 aromatic heterocycles. The minimum Gasteiger partial charge on any atom is -0.311 e. The molecular weight excluding hydrogens is 1080 g/mol. The second-order valence-electron chi connectivity index (χ2n) is 22.6. The van der Waals surface area contributed by atoms with Crippen LogP contribution in [-0.4, -0.2) is 11.3 Å². The van der Waals surface area contributed by atoms with Crippen molar-refractivity contribution in [3.8, 4) is 72.4 Å². The van der Waals surface area contributed by atoms with Crippen molar-refractivity contribution >= 4 is 84.7 Å². The Morgan fingerprint density at radius 3 is 1.25 bits per heavy atom. The molecule has 16 rings (SSSR count). The molecule has 0 amide bonds. The summed E-state index contributed by atoms with van der Waals surface area (Å²) < 4.78 is 47.2. The van der Waals surface area contributed by atoms with Gasteiger partial charge in [0.15, 0.2) is 5.69 Å². The molecule has 0 N–H and O–H groups in total. The summed E-state index contributed by atoms with van der Waals surface area (Å²) >= 11 is 0. The number of alkyl halides is 3. The Morgan fingerprint density at radius 1 is 0.318 bits per heavy atom. The maximum Gasteiger partial charge on any atom is 0.415 e. The molecule has 0 bridgehead atoms. The second-order valence-corrected chi connectivity index (χ2v) is 22.6. The van der Waals surface area contributed by atoms with Crippen LogP contribution in [-0.2, 0) is 6.18 Å². The van der Waals surface area contributed by atoms with Crippen LogP contribution in [0.1, 0.15) is 5.56 Å². The Balaban J connectivity index is 0.980. The lowest BCUT2D eigenvalue weighted by Crippen LogP contribution is -2.61. The Morgan fingerprint density at radius 2 is 0.750 bits per heavy atom. The molecule has 88 heavy (non-hydrogen) atoms. The van der Waals surface area contributed by atoms with E-state index in [0.717, 1.165) is 118 Å². The average Bonchev–Trinajstić information content (AvgIpc) is 0.846. The van der Waals surface area contributed by atoms with Crippen molar-refractivity contribution in [2.45, 2.75) is 6.18 Å². The number of para-hydroxylation sites is 4. The maximum atomic E-state index is 15.0. The average molecular weight is 1140 g/mol. The first kappa shape index (κ1) is 52.2. The van der Waals surface area contributed by atoms with Crippen LogP contribution in [0.2, 0.25) is 0 Å².